The van der Waals surface area contributed by atoms with Gasteiger partial charge in [-0.15, -0.1) is 10.1 Å². The van der Waals surface area contributed by atoms with Gasteiger partial charge in [-0.3, -0.25) is 4.79 Å². The number of rotatable bonds is 5. The lowest BCUT2D eigenvalue weighted by molar-refractivity contribution is -0.593. The molecule has 0 spiro atoms. The zero-order valence-corrected chi connectivity index (χ0v) is 16.2. The number of ether oxygens (including phenoxy) is 1. The number of hydrazone groups is 1. The summed E-state index contributed by atoms with van der Waals surface area (Å²) in [5, 5.41) is 0. The Morgan fingerprint density at radius 3 is 2.07 bits per heavy atom. The first-order valence-electron chi connectivity index (χ1n) is 10.1. The number of benzene rings is 3. The fourth-order valence-corrected chi connectivity index (χ4v) is 4.28. The molecule has 4 nitrogen and oxygen atoms in total. The molecule has 2 aliphatic rings. The second-order valence-corrected chi connectivity index (χ2v) is 7.53. The molecule has 3 aromatic carbocycles. The van der Waals surface area contributed by atoms with E-state index in [2.05, 4.69) is 70.8 Å². The van der Waals surface area contributed by atoms with Gasteiger partial charge in [0.05, 0.1) is 30.8 Å². The quantitative estimate of drug-likeness (QED) is 0.419. The lowest BCUT2D eigenvalue weighted by Gasteiger charge is -2.09. The molecule has 0 aromatic heterocycles. The predicted octanol–water partition coefficient (Wildman–Crippen LogP) is 3.93. The van der Waals surface area contributed by atoms with Crippen molar-refractivity contribution >= 4 is 11.6 Å². The van der Waals surface area contributed by atoms with Gasteiger partial charge in [-0.1, -0.05) is 66.7 Å². The molecule has 1 N–H and O–H groups in total. The maximum Gasteiger partial charge on any atom is 0.281 e. The molecule has 1 atom stereocenters. The van der Waals surface area contributed by atoms with E-state index in [1.54, 1.807) is 0 Å². The van der Waals surface area contributed by atoms with Crippen molar-refractivity contribution in [1.82, 2.24) is 5.43 Å². The van der Waals surface area contributed by atoms with Crippen LogP contribution in [0.25, 0.3) is 11.1 Å². The fourth-order valence-electron chi connectivity index (χ4n) is 4.28. The number of carbonyl (C=O) groups is 1. The van der Waals surface area contributed by atoms with Gasteiger partial charge < -0.3 is 4.74 Å². The molecule has 1 unspecified atom stereocenters. The van der Waals surface area contributed by atoms with Crippen LogP contribution in [0, 0.1) is 0 Å². The minimum absolute atomic E-state index is 0.0624. The normalized spacial score (nSPS) is 17.2. The molecule has 1 fully saturated rings. The van der Waals surface area contributed by atoms with E-state index in [1.165, 1.54) is 22.3 Å². The zero-order valence-electron chi connectivity index (χ0n) is 16.2. The highest BCUT2D eigenvalue weighted by Crippen LogP contribution is 2.37. The van der Waals surface area contributed by atoms with Gasteiger partial charge in [0, 0.05) is 6.42 Å². The monoisotopic (exact) mass is 383 g/mol. The molecule has 1 aliphatic heterocycles. The fraction of sp³-hybridized carbons (Fsp3) is 0.200. The summed E-state index contributed by atoms with van der Waals surface area (Å²) < 4.78 is 7.96. The molecule has 1 saturated heterocycles. The van der Waals surface area contributed by atoms with Crippen LogP contribution in [0.15, 0.2) is 78.9 Å². The second-order valence-electron chi connectivity index (χ2n) is 7.53. The number of fused-ring (bicyclic) bond motifs is 3. The van der Waals surface area contributed by atoms with Crippen molar-refractivity contribution in [2.75, 3.05) is 6.61 Å². The number of carbonyl (C=O) groups excluding carboxylic acids is 1. The van der Waals surface area contributed by atoms with Gasteiger partial charge in [-0.05, 0) is 28.8 Å². The molecular formula is C25H23N2O2+. The number of amides is 1. The van der Waals surface area contributed by atoms with Crippen LogP contribution >= 0.6 is 0 Å². The van der Waals surface area contributed by atoms with Crippen LogP contribution < -0.4 is 5.43 Å². The van der Waals surface area contributed by atoms with Crippen molar-refractivity contribution in [2.24, 2.45) is 0 Å². The minimum Gasteiger partial charge on any atom is -0.377 e. The summed E-state index contributed by atoms with van der Waals surface area (Å²) >= 11 is 0. The highest BCUT2D eigenvalue weighted by Gasteiger charge is 2.41. The van der Waals surface area contributed by atoms with E-state index < -0.39 is 0 Å². The summed E-state index contributed by atoms with van der Waals surface area (Å²) in [6.07, 6.45) is 1.28. The van der Waals surface area contributed by atoms with Crippen molar-refractivity contribution in [3.8, 4) is 11.1 Å². The van der Waals surface area contributed by atoms with Gasteiger partial charge in [0.15, 0.2) is 6.04 Å². The predicted molar refractivity (Wildman–Crippen MR) is 113 cm³/mol. The largest absolute Gasteiger partial charge is 0.377 e. The standard InChI is InChI=1S/C25H22N2O2/c28-24-16-19(14-15-29-17-18-8-2-1-3-9-18)27(26-24)25-22-12-6-4-10-20(22)21-11-5-7-13-23(21)25/h1-13,19H,14-17H2/p+1. The molecule has 144 valence electrons. The average molecular weight is 383 g/mol. The van der Waals surface area contributed by atoms with Crippen LogP contribution in [0.4, 0.5) is 0 Å². The highest BCUT2D eigenvalue weighted by atomic mass is 16.5. The molecule has 0 saturated carbocycles. The first-order valence-corrected chi connectivity index (χ1v) is 10.1. The lowest BCUT2D eigenvalue weighted by atomic mass is 10.1. The van der Waals surface area contributed by atoms with Crippen LogP contribution in [-0.2, 0) is 16.1 Å². The Kier molecular flexibility index (Phi) is 4.70. The van der Waals surface area contributed by atoms with Crippen molar-refractivity contribution in [3.63, 3.8) is 0 Å². The van der Waals surface area contributed by atoms with E-state index in [1.807, 2.05) is 18.2 Å². The number of hydrogen-bond donors (Lipinski definition) is 1. The van der Waals surface area contributed by atoms with E-state index >= 15 is 0 Å². The first kappa shape index (κ1) is 17.8. The number of nitrogens with zero attached hydrogens (tertiary/aromatic N) is 1. The van der Waals surface area contributed by atoms with Crippen molar-refractivity contribution in [2.45, 2.75) is 25.5 Å². The van der Waals surface area contributed by atoms with Crippen LogP contribution in [-0.4, -0.2) is 29.0 Å². The summed E-state index contributed by atoms with van der Waals surface area (Å²) in [5.74, 6) is 0.0624. The number of nitrogens with one attached hydrogen (secondary N) is 1. The van der Waals surface area contributed by atoms with Gasteiger partial charge in [-0.25, -0.2) is 0 Å². The van der Waals surface area contributed by atoms with Gasteiger partial charge in [0.2, 0.25) is 5.71 Å². The Morgan fingerprint density at radius 2 is 1.41 bits per heavy atom. The Morgan fingerprint density at radius 1 is 0.828 bits per heavy atom. The van der Waals surface area contributed by atoms with Crippen molar-refractivity contribution in [3.05, 3.63) is 95.6 Å². The Balaban J connectivity index is 1.41. The molecule has 3 aromatic rings. The van der Waals surface area contributed by atoms with Crippen LogP contribution in [0.3, 0.4) is 0 Å². The van der Waals surface area contributed by atoms with E-state index in [0.29, 0.717) is 19.6 Å². The van der Waals surface area contributed by atoms with Crippen LogP contribution in [0.2, 0.25) is 0 Å². The van der Waals surface area contributed by atoms with E-state index in [4.69, 9.17) is 4.74 Å². The van der Waals surface area contributed by atoms with Gasteiger partial charge in [0.25, 0.3) is 5.91 Å². The summed E-state index contributed by atoms with van der Waals surface area (Å²) in [7, 11) is 0. The van der Waals surface area contributed by atoms with Gasteiger partial charge in [0.1, 0.15) is 0 Å². The third-order valence-electron chi connectivity index (χ3n) is 5.63. The second kappa shape index (κ2) is 7.64. The summed E-state index contributed by atoms with van der Waals surface area (Å²) in [6, 6.07) is 27.1. The Hall–Kier alpha value is -3.24. The maximum absolute atomic E-state index is 12.3. The minimum atomic E-state index is 0.0624. The SMILES string of the molecule is O=C1CC(CCOCc2ccccc2)[N+](=C2c3ccccc3-c3ccccc32)N1. The molecule has 5 rings (SSSR count). The zero-order chi connectivity index (χ0) is 19.6. The van der Waals surface area contributed by atoms with Crippen molar-refractivity contribution in [1.29, 1.82) is 0 Å². The molecule has 1 heterocycles. The summed E-state index contributed by atoms with van der Waals surface area (Å²) in [6.45, 7) is 1.21. The molecular weight excluding hydrogens is 360 g/mol. The molecule has 0 bridgehead atoms. The van der Waals surface area contributed by atoms with Gasteiger partial charge in [-0.2, -0.15) is 0 Å². The maximum atomic E-state index is 12.3. The third kappa shape index (κ3) is 3.36. The summed E-state index contributed by atoms with van der Waals surface area (Å²) in [5.41, 5.74) is 10.1. The smallest absolute Gasteiger partial charge is 0.281 e. The Bertz CT molecular complexity index is 1040. The first-order chi connectivity index (χ1) is 14.3. The average Bonchev–Trinajstić information content (AvgIpc) is 3.29. The molecule has 1 amide bonds. The van der Waals surface area contributed by atoms with Gasteiger partial charge >= 0.3 is 0 Å². The molecule has 1 aliphatic carbocycles. The molecule has 29 heavy (non-hydrogen) atoms. The summed E-state index contributed by atoms with van der Waals surface area (Å²) in [4.78, 5) is 12.3. The Labute approximate surface area is 170 Å². The topological polar surface area (TPSA) is 41.3 Å². The van der Waals surface area contributed by atoms with E-state index in [0.717, 1.165) is 17.7 Å². The van der Waals surface area contributed by atoms with Crippen LogP contribution in [0.5, 0.6) is 0 Å². The number of hydrazine groups is 1. The van der Waals surface area contributed by atoms with Crippen molar-refractivity contribution < 1.29 is 14.2 Å². The lowest BCUT2D eigenvalue weighted by Crippen LogP contribution is -2.35. The molecule has 4 heteroatoms. The van der Waals surface area contributed by atoms with Crippen LogP contribution in [0.1, 0.15) is 29.5 Å². The highest BCUT2D eigenvalue weighted by molar-refractivity contribution is 6.22. The van der Waals surface area contributed by atoms with E-state index in [9.17, 15) is 4.79 Å². The third-order valence-corrected chi connectivity index (χ3v) is 5.63. The number of hydrogen-bond acceptors (Lipinski definition) is 2. The molecule has 0 radical (unpaired) electrons. The van der Waals surface area contributed by atoms with E-state index in [-0.39, 0.29) is 11.9 Å².